The van der Waals surface area contributed by atoms with Crippen molar-refractivity contribution in [2.75, 3.05) is 26.2 Å². The fourth-order valence-electron chi connectivity index (χ4n) is 3.14. The second-order valence-corrected chi connectivity index (χ2v) is 5.81. The predicted octanol–water partition coefficient (Wildman–Crippen LogP) is 1.98. The molecule has 2 rings (SSSR count). The van der Waals surface area contributed by atoms with E-state index in [-0.39, 0.29) is 18.6 Å². The van der Waals surface area contributed by atoms with E-state index in [2.05, 4.69) is 5.32 Å². The molecule has 2 N–H and O–H groups in total. The molecule has 4 heteroatoms. The number of carbonyl (C=O) groups is 1. The Morgan fingerprint density at radius 1 is 1.17 bits per heavy atom. The summed E-state index contributed by atoms with van der Waals surface area (Å²) < 4.78 is 0. The molecule has 0 radical (unpaired) electrons. The number of urea groups is 1. The molecule has 0 spiro atoms. The van der Waals surface area contributed by atoms with Crippen LogP contribution in [0.2, 0.25) is 0 Å². The van der Waals surface area contributed by atoms with Crippen molar-refractivity contribution in [3.05, 3.63) is 0 Å². The summed E-state index contributed by atoms with van der Waals surface area (Å²) in [5, 5.41) is 12.1. The number of amides is 2. The zero-order valence-electron chi connectivity index (χ0n) is 11.2. The maximum atomic E-state index is 11.9. The van der Waals surface area contributed by atoms with Crippen molar-refractivity contribution in [2.45, 2.75) is 44.9 Å². The van der Waals surface area contributed by atoms with Gasteiger partial charge in [-0.25, -0.2) is 4.79 Å². The van der Waals surface area contributed by atoms with Gasteiger partial charge >= 0.3 is 6.03 Å². The van der Waals surface area contributed by atoms with Gasteiger partial charge in [0.25, 0.3) is 0 Å². The van der Waals surface area contributed by atoms with Gasteiger partial charge in [-0.1, -0.05) is 32.1 Å². The molecule has 1 saturated carbocycles. The van der Waals surface area contributed by atoms with Crippen LogP contribution in [0.5, 0.6) is 0 Å². The van der Waals surface area contributed by atoms with Gasteiger partial charge in [-0.15, -0.1) is 0 Å². The molecule has 1 saturated heterocycles. The summed E-state index contributed by atoms with van der Waals surface area (Å²) in [5.74, 6) is 1.11. The first kappa shape index (κ1) is 13.7. The van der Waals surface area contributed by atoms with E-state index in [1.807, 2.05) is 4.90 Å². The van der Waals surface area contributed by atoms with Crippen molar-refractivity contribution in [2.24, 2.45) is 11.8 Å². The largest absolute Gasteiger partial charge is 0.396 e. The molecule has 2 fully saturated rings. The number of hydrogen-bond donors (Lipinski definition) is 2. The first-order valence-electron chi connectivity index (χ1n) is 7.43. The molecule has 0 aromatic carbocycles. The van der Waals surface area contributed by atoms with Gasteiger partial charge < -0.3 is 15.3 Å². The van der Waals surface area contributed by atoms with Crippen molar-refractivity contribution in [3.63, 3.8) is 0 Å². The van der Waals surface area contributed by atoms with Crippen LogP contribution in [0.15, 0.2) is 0 Å². The number of likely N-dealkylation sites (tertiary alicyclic amines) is 1. The molecule has 1 unspecified atom stereocenters. The monoisotopic (exact) mass is 254 g/mol. The Hall–Kier alpha value is -0.770. The number of aliphatic hydroxyl groups excluding tert-OH is 1. The smallest absolute Gasteiger partial charge is 0.317 e. The maximum absolute atomic E-state index is 11.9. The Bertz CT molecular complexity index is 265. The molecule has 1 atom stereocenters. The molecule has 1 aliphatic heterocycles. The molecule has 0 aromatic heterocycles. The summed E-state index contributed by atoms with van der Waals surface area (Å²) >= 11 is 0. The lowest BCUT2D eigenvalue weighted by Crippen LogP contribution is -2.39. The summed E-state index contributed by atoms with van der Waals surface area (Å²) in [6.07, 6.45) is 8.86. The lowest BCUT2D eigenvalue weighted by molar-refractivity contribution is 0.197. The van der Waals surface area contributed by atoms with Crippen LogP contribution in [0.1, 0.15) is 44.9 Å². The Morgan fingerprint density at radius 3 is 2.61 bits per heavy atom. The minimum absolute atomic E-state index is 0.0572. The van der Waals surface area contributed by atoms with E-state index >= 15 is 0 Å². The van der Waals surface area contributed by atoms with Crippen LogP contribution < -0.4 is 5.32 Å². The van der Waals surface area contributed by atoms with Crippen LogP contribution in [0, 0.1) is 11.8 Å². The van der Waals surface area contributed by atoms with Crippen LogP contribution in [-0.2, 0) is 0 Å². The van der Waals surface area contributed by atoms with Gasteiger partial charge in [-0.3, -0.25) is 0 Å². The number of nitrogens with zero attached hydrogens (tertiary/aromatic N) is 1. The van der Waals surface area contributed by atoms with Crippen molar-refractivity contribution >= 4 is 6.03 Å². The van der Waals surface area contributed by atoms with E-state index in [0.717, 1.165) is 31.8 Å². The highest BCUT2D eigenvalue weighted by Gasteiger charge is 2.25. The van der Waals surface area contributed by atoms with Gasteiger partial charge in [0, 0.05) is 32.2 Å². The van der Waals surface area contributed by atoms with Crippen LogP contribution >= 0.6 is 0 Å². The summed E-state index contributed by atoms with van der Waals surface area (Å²) in [6, 6.07) is 0.0572. The zero-order chi connectivity index (χ0) is 12.8. The molecule has 1 heterocycles. The standard InChI is InChI=1S/C14H26N2O2/c17-11-13-7-9-16(10-13)14(18)15-8-6-12-4-2-1-3-5-12/h12-13,17H,1-11H2,(H,15,18). The van der Waals surface area contributed by atoms with Crippen LogP contribution in [0.25, 0.3) is 0 Å². The molecular formula is C14H26N2O2. The fraction of sp³-hybridized carbons (Fsp3) is 0.929. The van der Waals surface area contributed by atoms with Gasteiger partial charge in [0.2, 0.25) is 0 Å². The second kappa shape index (κ2) is 6.98. The summed E-state index contributed by atoms with van der Waals surface area (Å²) in [5.41, 5.74) is 0. The Balaban J connectivity index is 1.60. The molecule has 1 aliphatic carbocycles. The maximum Gasteiger partial charge on any atom is 0.317 e. The number of carbonyl (C=O) groups excluding carboxylic acids is 1. The molecule has 2 amide bonds. The highest BCUT2D eigenvalue weighted by molar-refractivity contribution is 5.74. The SMILES string of the molecule is O=C(NCCC1CCCCC1)N1CCC(CO)C1. The molecule has 2 aliphatic rings. The van der Waals surface area contributed by atoms with E-state index in [1.54, 1.807) is 0 Å². The number of aliphatic hydroxyl groups is 1. The Labute approximate surface area is 110 Å². The number of hydrogen-bond acceptors (Lipinski definition) is 2. The van der Waals surface area contributed by atoms with Crippen molar-refractivity contribution in [3.8, 4) is 0 Å². The third kappa shape index (κ3) is 3.87. The molecule has 18 heavy (non-hydrogen) atoms. The van der Waals surface area contributed by atoms with Crippen molar-refractivity contribution in [1.29, 1.82) is 0 Å². The quantitative estimate of drug-likeness (QED) is 0.806. The molecular weight excluding hydrogens is 228 g/mol. The van der Waals surface area contributed by atoms with Crippen LogP contribution in [0.3, 0.4) is 0 Å². The van der Waals surface area contributed by atoms with Crippen molar-refractivity contribution < 1.29 is 9.90 Å². The van der Waals surface area contributed by atoms with Gasteiger partial charge in [0.1, 0.15) is 0 Å². The molecule has 4 nitrogen and oxygen atoms in total. The first-order chi connectivity index (χ1) is 8.79. The lowest BCUT2D eigenvalue weighted by Gasteiger charge is -2.22. The summed E-state index contributed by atoms with van der Waals surface area (Å²) in [6.45, 7) is 2.52. The van der Waals surface area contributed by atoms with E-state index in [4.69, 9.17) is 5.11 Å². The predicted molar refractivity (Wildman–Crippen MR) is 71.4 cm³/mol. The van der Waals surface area contributed by atoms with E-state index in [0.29, 0.717) is 6.54 Å². The minimum atomic E-state index is 0.0572. The molecule has 0 bridgehead atoms. The van der Waals surface area contributed by atoms with Crippen molar-refractivity contribution in [1.82, 2.24) is 10.2 Å². The lowest BCUT2D eigenvalue weighted by atomic mass is 9.87. The summed E-state index contributed by atoms with van der Waals surface area (Å²) in [4.78, 5) is 13.7. The topological polar surface area (TPSA) is 52.6 Å². The van der Waals surface area contributed by atoms with Gasteiger partial charge in [0.05, 0.1) is 0 Å². The number of nitrogens with one attached hydrogen (secondary N) is 1. The van der Waals surface area contributed by atoms with Gasteiger partial charge in [-0.2, -0.15) is 0 Å². The average molecular weight is 254 g/mol. The van der Waals surface area contributed by atoms with E-state index in [9.17, 15) is 4.79 Å². The normalized spacial score (nSPS) is 25.4. The Kier molecular flexibility index (Phi) is 5.29. The van der Waals surface area contributed by atoms with Crippen LogP contribution in [0.4, 0.5) is 4.79 Å². The highest BCUT2D eigenvalue weighted by Crippen LogP contribution is 2.25. The number of rotatable bonds is 4. The zero-order valence-corrected chi connectivity index (χ0v) is 11.2. The first-order valence-corrected chi connectivity index (χ1v) is 7.43. The fourth-order valence-corrected chi connectivity index (χ4v) is 3.14. The van der Waals surface area contributed by atoms with Gasteiger partial charge in [0.15, 0.2) is 0 Å². The van der Waals surface area contributed by atoms with E-state index in [1.165, 1.54) is 32.1 Å². The highest BCUT2D eigenvalue weighted by atomic mass is 16.3. The summed E-state index contributed by atoms with van der Waals surface area (Å²) in [7, 11) is 0. The molecule has 0 aromatic rings. The second-order valence-electron chi connectivity index (χ2n) is 5.81. The van der Waals surface area contributed by atoms with E-state index < -0.39 is 0 Å². The third-order valence-electron chi connectivity index (χ3n) is 4.38. The van der Waals surface area contributed by atoms with Crippen LogP contribution in [-0.4, -0.2) is 42.3 Å². The third-order valence-corrected chi connectivity index (χ3v) is 4.38. The average Bonchev–Trinajstić information content (AvgIpc) is 2.89. The Morgan fingerprint density at radius 2 is 1.94 bits per heavy atom. The molecule has 104 valence electrons. The minimum Gasteiger partial charge on any atom is -0.396 e. The van der Waals surface area contributed by atoms with Gasteiger partial charge in [-0.05, 0) is 18.8 Å².